The van der Waals surface area contributed by atoms with Crippen molar-refractivity contribution in [3.05, 3.63) is 29.8 Å². The van der Waals surface area contributed by atoms with Gasteiger partial charge in [-0.1, -0.05) is 77.5 Å². The first-order chi connectivity index (χ1) is 9.76. The molecule has 0 aliphatic carbocycles. The summed E-state index contributed by atoms with van der Waals surface area (Å²) >= 11 is 2.12. The lowest BCUT2D eigenvalue weighted by Gasteiger charge is -2.17. The van der Waals surface area contributed by atoms with Crippen LogP contribution in [0.2, 0.25) is 0 Å². The minimum atomic E-state index is 0.744. The number of rotatable bonds is 8. The molecule has 0 aromatic heterocycles. The van der Waals surface area contributed by atoms with E-state index < -0.39 is 0 Å². The van der Waals surface area contributed by atoms with Gasteiger partial charge in [-0.05, 0) is 29.9 Å². The first-order valence-corrected chi connectivity index (χ1v) is 9.39. The molecule has 112 valence electrons. The van der Waals surface area contributed by atoms with E-state index in [4.69, 9.17) is 0 Å². The summed E-state index contributed by atoms with van der Waals surface area (Å²) < 4.78 is 0. The van der Waals surface area contributed by atoms with Gasteiger partial charge >= 0.3 is 0 Å². The van der Waals surface area contributed by atoms with Crippen LogP contribution in [0.15, 0.2) is 29.2 Å². The summed E-state index contributed by atoms with van der Waals surface area (Å²) in [4.78, 5) is 1.53. The fourth-order valence-corrected chi connectivity index (χ4v) is 4.99. The van der Waals surface area contributed by atoms with Crippen molar-refractivity contribution < 1.29 is 0 Å². The van der Waals surface area contributed by atoms with Gasteiger partial charge in [0.2, 0.25) is 0 Å². The lowest BCUT2D eigenvalue weighted by molar-refractivity contribution is 0.408. The fourth-order valence-electron chi connectivity index (χ4n) is 3.48. The second-order valence-corrected chi connectivity index (χ2v) is 7.61. The van der Waals surface area contributed by atoms with Gasteiger partial charge in [-0.25, -0.2) is 0 Å². The number of hydrogen-bond donors (Lipinski definition) is 0. The molecule has 1 heterocycles. The number of benzene rings is 1. The molecule has 1 aliphatic heterocycles. The standard InChI is InChI=1S/C19H30S/c1-4-10-16(5-2)11-6-8-13-18-15(3)17-12-7-9-14-19(17)20-18/h7,9,12,14-16,18H,4-6,8,10-11,13H2,1-3H3. The third kappa shape index (κ3) is 4.04. The molecule has 0 fully saturated rings. The van der Waals surface area contributed by atoms with E-state index in [1.54, 1.807) is 5.56 Å². The van der Waals surface area contributed by atoms with Crippen LogP contribution in [-0.2, 0) is 0 Å². The van der Waals surface area contributed by atoms with Crippen LogP contribution in [0.1, 0.15) is 77.2 Å². The van der Waals surface area contributed by atoms with Gasteiger partial charge in [0.1, 0.15) is 0 Å². The average Bonchev–Trinajstić information content (AvgIpc) is 2.79. The van der Waals surface area contributed by atoms with E-state index >= 15 is 0 Å². The Hall–Kier alpha value is -0.430. The van der Waals surface area contributed by atoms with E-state index in [-0.39, 0.29) is 0 Å². The molecule has 0 N–H and O–H groups in total. The third-order valence-electron chi connectivity index (χ3n) is 4.87. The Balaban J connectivity index is 1.71. The van der Waals surface area contributed by atoms with E-state index in [1.165, 1.54) is 49.8 Å². The Morgan fingerprint density at radius 3 is 2.60 bits per heavy atom. The molecule has 2 rings (SSSR count). The summed E-state index contributed by atoms with van der Waals surface area (Å²) in [5.74, 6) is 1.72. The maximum absolute atomic E-state index is 2.41. The van der Waals surface area contributed by atoms with E-state index in [9.17, 15) is 0 Å². The Labute approximate surface area is 129 Å². The Bertz CT molecular complexity index is 399. The molecule has 0 nitrogen and oxygen atoms in total. The summed E-state index contributed by atoms with van der Waals surface area (Å²) in [5.41, 5.74) is 1.58. The molecule has 0 saturated heterocycles. The molecular weight excluding hydrogens is 260 g/mol. The van der Waals surface area contributed by atoms with Crippen molar-refractivity contribution in [1.29, 1.82) is 0 Å². The highest BCUT2D eigenvalue weighted by Gasteiger charge is 2.28. The highest BCUT2D eigenvalue weighted by Crippen LogP contribution is 2.46. The van der Waals surface area contributed by atoms with E-state index in [2.05, 4.69) is 56.8 Å². The SMILES string of the molecule is CCCC(CC)CCCCC1Sc2ccccc2C1C. The van der Waals surface area contributed by atoms with Crippen LogP contribution in [0.3, 0.4) is 0 Å². The monoisotopic (exact) mass is 290 g/mol. The molecule has 1 heteroatoms. The fraction of sp³-hybridized carbons (Fsp3) is 0.684. The van der Waals surface area contributed by atoms with Crippen LogP contribution in [0.4, 0.5) is 0 Å². The van der Waals surface area contributed by atoms with Gasteiger partial charge in [-0.3, -0.25) is 0 Å². The molecule has 0 bridgehead atoms. The maximum Gasteiger partial charge on any atom is 0.0161 e. The molecule has 0 saturated carbocycles. The summed E-state index contributed by atoms with van der Waals surface area (Å²) in [6.07, 6.45) is 9.83. The largest absolute Gasteiger partial charge is 0.122 e. The Morgan fingerprint density at radius 2 is 1.90 bits per heavy atom. The minimum Gasteiger partial charge on any atom is -0.122 e. The van der Waals surface area contributed by atoms with Crippen molar-refractivity contribution >= 4 is 11.8 Å². The molecule has 1 aliphatic rings. The third-order valence-corrected chi connectivity index (χ3v) is 6.44. The molecule has 20 heavy (non-hydrogen) atoms. The molecule has 1 aromatic rings. The number of fused-ring (bicyclic) bond motifs is 1. The molecule has 3 atom stereocenters. The Morgan fingerprint density at radius 1 is 1.10 bits per heavy atom. The molecule has 0 spiro atoms. The van der Waals surface area contributed by atoms with Gasteiger partial charge in [0.05, 0.1) is 0 Å². The van der Waals surface area contributed by atoms with Crippen molar-refractivity contribution in [2.45, 2.75) is 81.8 Å². The average molecular weight is 291 g/mol. The molecule has 0 radical (unpaired) electrons. The Kier molecular flexibility index (Phi) is 6.48. The van der Waals surface area contributed by atoms with Gasteiger partial charge < -0.3 is 0 Å². The zero-order chi connectivity index (χ0) is 14.4. The van der Waals surface area contributed by atoms with Gasteiger partial charge in [-0.2, -0.15) is 0 Å². The maximum atomic E-state index is 2.41. The van der Waals surface area contributed by atoms with Gasteiger partial charge in [-0.15, -0.1) is 11.8 Å². The topological polar surface area (TPSA) is 0 Å². The van der Waals surface area contributed by atoms with E-state index in [1.807, 2.05) is 0 Å². The minimum absolute atomic E-state index is 0.744. The lowest BCUT2D eigenvalue weighted by atomic mass is 9.91. The zero-order valence-electron chi connectivity index (χ0n) is 13.4. The lowest BCUT2D eigenvalue weighted by Crippen LogP contribution is -2.07. The molecule has 0 amide bonds. The number of hydrogen-bond acceptors (Lipinski definition) is 1. The van der Waals surface area contributed by atoms with E-state index in [0.29, 0.717) is 0 Å². The van der Waals surface area contributed by atoms with Crippen molar-refractivity contribution in [3.63, 3.8) is 0 Å². The van der Waals surface area contributed by atoms with Gasteiger partial charge in [0, 0.05) is 10.1 Å². The normalized spacial score (nSPS) is 22.8. The van der Waals surface area contributed by atoms with E-state index in [0.717, 1.165) is 17.1 Å². The smallest absolute Gasteiger partial charge is 0.0161 e. The predicted octanol–water partition coefficient (Wildman–Crippen LogP) is 6.65. The number of thioether (sulfide) groups is 1. The predicted molar refractivity (Wildman–Crippen MR) is 91.7 cm³/mol. The van der Waals surface area contributed by atoms with Gasteiger partial charge in [0.15, 0.2) is 0 Å². The first-order valence-electron chi connectivity index (χ1n) is 8.51. The second kappa shape index (κ2) is 8.12. The summed E-state index contributed by atoms with van der Waals surface area (Å²) in [6.45, 7) is 7.08. The van der Waals surface area contributed by atoms with Crippen LogP contribution in [-0.4, -0.2) is 5.25 Å². The van der Waals surface area contributed by atoms with Crippen LogP contribution in [0.5, 0.6) is 0 Å². The van der Waals surface area contributed by atoms with Crippen LogP contribution in [0.25, 0.3) is 0 Å². The van der Waals surface area contributed by atoms with Crippen LogP contribution in [0, 0.1) is 5.92 Å². The van der Waals surface area contributed by atoms with Crippen molar-refractivity contribution in [2.24, 2.45) is 5.92 Å². The quantitative estimate of drug-likeness (QED) is 0.483. The second-order valence-electron chi connectivity index (χ2n) is 6.33. The van der Waals surface area contributed by atoms with Gasteiger partial charge in [0.25, 0.3) is 0 Å². The zero-order valence-corrected chi connectivity index (χ0v) is 14.2. The van der Waals surface area contributed by atoms with Crippen molar-refractivity contribution in [2.75, 3.05) is 0 Å². The molecule has 1 aromatic carbocycles. The van der Waals surface area contributed by atoms with Crippen LogP contribution >= 0.6 is 11.8 Å². The highest BCUT2D eigenvalue weighted by atomic mass is 32.2. The molecular formula is C19H30S. The summed E-state index contributed by atoms with van der Waals surface area (Å²) in [5, 5.41) is 0.818. The highest BCUT2D eigenvalue weighted by molar-refractivity contribution is 8.00. The summed E-state index contributed by atoms with van der Waals surface area (Å²) in [7, 11) is 0. The molecule has 3 unspecified atom stereocenters. The van der Waals surface area contributed by atoms with Crippen molar-refractivity contribution in [3.8, 4) is 0 Å². The van der Waals surface area contributed by atoms with Crippen LogP contribution < -0.4 is 0 Å². The first kappa shape index (κ1) is 15.9. The van der Waals surface area contributed by atoms with Crippen molar-refractivity contribution in [1.82, 2.24) is 0 Å². The summed E-state index contributed by atoms with van der Waals surface area (Å²) in [6, 6.07) is 8.98. The number of unbranched alkanes of at least 4 members (excludes halogenated alkanes) is 1.